The van der Waals surface area contributed by atoms with E-state index in [4.69, 9.17) is 14.3 Å². The summed E-state index contributed by atoms with van der Waals surface area (Å²) in [6.07, 6.45) is -5.08. The van der Waals surface area contributed by atoms with Crippen molar-refractivity contribution in [1.82, 2.24) is 15.2 Å². The summed E-state index contributed by atoms with van der Waals surface area (Å²) in [5.74, 6) is -2.10. The first-order valence-electron chi connectivity index (χ1n) is 9.02. The number of alkyl halides is 3. The van der Waals surface area contributed by atoms with Crippen LogP contribution in [0.5, 0.6) is 0 Å². The number of hydrogen-bond acceptors (Lipinski definition) is 5. The quantitative estimate of drug-likeness (QED) is 0.660. The van der Waals surface area contributed by atoms with Gasteiger partial charge in [0.1, 0.15) is 5.52 Å². The van der Waals surface area contributed by atoms with Crippen molar-refractivity contribution in [1.29, 1.82) is 0 Å². The third kappa shape index (κ3) is 5.15. The van der Waals surface area contributed by atoms with Gasteiger partial charge >= 0.3 is 12.1 Å². The van der Waals surface area contributed by atoms with Crippen molar-refractivity contribution in [2.45, 2.75) is 6.18 Å². The van der Waals surface area contributed by atoms with Crippen molar-refractivity contribution < 1.29 is 32.3 Å². The predicted octanol–water partition coefficient (Wildman–Crippen LogP) is 3.17. The summed E-state index contributed by atoms with van der Waals surface area (Å²) in [5, 5.41) is 10.4. The Balaban J connectivity index is 0.000000318. The van der Waals surface area contributed by atoms with E-state index in [1.165, 1.54) is 0 Å². The van der Waals surface area contributed by atoms with E-state index in [1.807, 2.05) is 53.4 Å². The highest BCUT2D eigenvalue weighted by Crippen LogP contribution is 2.24. The van der Waals surface area contributed by atoms with Crippen molar-refractivity contribution >= 4 is 23.0 Å². The number of para-hydroxylation sites is 2. The highest BCUT2D eigenvalue weighted by atomic mass is 19.4. The number of rotatable bonds is 2. The van der Waals surface area contributed by atoms with E-state index in [0.717, 1.165) is 42.8 Å². The van der Waals surface area contributed by atoms with Gasteiger partial charge in [-0.05, 0) is 36.4 Å². The minimum atomic E-state index is -5.08. The second-order valence-corrected chi connectivity index (χ2v) is 6.41. The monoisotopic (exact) mass is 421 g/mol. The maximum atomic E-state index is 12.4. The molecule has 0 spiro atoms. The lowest BCUT2D eigenvalue weighted by Crippen LogP contribution is -2.46. The van der Waals surface area contributed by atoms with Crippen molar-refractivity contribution in [2.24, 2.45) is 0 Å². The fraction of sp³-hybridized carbons (Fsp3) is 0.250. The van der Waals surface area contributed by atoms with Gasteiger partial charge in [0.2, 0.25) is 5.89 Å². The van der Waals surface area contributed by atoms with E-state index in [0.29, 0.717) is 11.5 Å². The molecule has 30 heavy (non-hydrogen) atoms. The fourth-order valence-corrected chi connectivity index (χ4v) is 2.80. The smallest absolute Gasteiger partial charge is 0.475 e. The summed E-state index contributed by atoms with van der Waals surface area (Å²) in [6.45, 7) is 3.22. The number of amides is 1. The first-order chi connectivity index (χ1) is 14.3. The molecular weight excluding hydrogens is 403 g/mol. The number of carbonyl (C=O) groups is 2. The molecule has 7 nitrogen and oxygen atoms in total. The van der Waals surface area contributed by atoms with Gasteiger partial charge in [0, 0.05) is 37.3 Å². The molecule has 1 fully saturated rings. The van der Waals surface area contributed by atoms with Crippen LogP contribution < -0.4 is 5.32 Å². The second-order valence-electron chi connectivity index (χ2n) is 6.41. The van der Waals surface area contributed by atoms with Gasteiger partial charge in [0.25, 0.3) is 5.91 Å². The Bertz CT molecular complexity index is 993. The Morgan fingerprint density at radius 2 is 1.63 bits per heavy atom. The average Bonchev–Trinajstić information content (AvgIpc) is 3.18. The summed E-state index contributed by atoms with van der Waals surface area (Å²) >= 11 is 0. The molecule has 0 bridgehead atoms. The number of hydrogen-bond donors (Lipinski definition) is 2. The summed E-state index contributed by atoms with van der Waals surface area (Å²) in [5.41, 5.74) is 3.18. The summed E-state index contributed by atoms with van der Waals surface area (Å²) in [4.78, 5) is 27.7. The number of nitrogens with zero attached hydrogens (tertiary/aromatic N) is 2. The van der Waals surface area contributed by atoms with Crippen LogP contribution in [0.15, 0.2) is 52.9 Å². The van der Waals surface area contributed by atoms with Crippen LogP contribution >= 0.6 is 0 Å². The number of aromatic nitrogens is 1. The first kappa shape index (κ1) is 21.3. The molecule has 1 aliphatic heterocycles. The first-order valence-corrected chi connectivity index (χ1v) is 9.02. The molecule has 0 radical (unpaired) electrons. The van der Waals surface area contributed by atoms with Crippen molar-refractivity contribution in [2.75, 3.05) is 26.2 Å². The molecule has 10 heteroatoms. The minimum absolute atomic E-state index is 0.0793. The number of halogens is 3. The molecular formula is C20H18F3N3O4. The third-order valence-electron chi connectivity index (χ3n) is 4.32. The zero-order chi connectivity index (χ0) is 21.7. The molecule has 1 aromatic heterocycles. The second kappa shape index (κ2) is 8.95. The van der Waals surface area contributed by atoms with Crippen LogP contribution in [0.4, 0.5) is 13.2 Å². The van der Waals surface area contributed by atoms with Gasteiger partial charge in [-0.15, -0.1) is 0 Å². The molecule has 1 aliphatic rings. The summed E-state index contributed by atoms with van der Waals surface area (Å²) < 4.78 is 37.5. The Morgan fingerprint density at radius 1 is 1.03 bits per heavy atom. The van der Waals surface area contributed by atoms with Gasteiger partial charge < -0.3 is 19.7 Å². The van der Waals surface area contributed by atoms with Gasteiger partial charge in [-0.2, -0.15) is 13.2 Å². The van der Waals surface area contributed by atoms with Crippen LogP contribution in [0.1, 0.15) is 10.4 Å². The molecule has 0 aliphatic carbocycles. The van der Waals surface area contributed by atoms with E-state index in [-0.39, 0.29) is 5.91 Å². The molecule has 2 N–H and O–H groups in total. The van der Waals surface area contributed by atoms with Crippen LogP contribution in [0.2, 0.25) is 0 Å². The summed E-state index contributed by atoms with van der Waals surface area (Å²) in [7, 11) is 0. The van der Waals surface area contributed by atoms with Crippen molar-refractivity contribution in [3.8, 4) is 11.5 Å². The van der Waals surface area contributed by atoms with Crippen molar-refractivity contribution in [3.05, 3.63) is 54.1 Å². The maximum Gasteiger partial charge on any atom is 0.490 e. The molecule has 2 aromatic carbocycles. The lowest BCUT2D eigenvalue weighted by Gasteiger charge is -2.27. The molecule has 2 heterocycles. The number of carbonyl (C=O) groups excluding carboxylic acids is 1. The number of piperazine rings is 1. The standard InChI is InChI=1S/C18H17N3O2.C2HF3O2/c22-18(21-11-9-19-10-12-21)14-7-5-13(6-8-14)17-20-15-3-1-2-4-16(15)23-17;3-2(4,5)1(6)7/h1-8,19H,9-12H2;(H,6,7). The number of nitrogens with one attached hydrogen (secondary N) is 1. The number of aliphatic carboxylic acids is 1. The zero-order valence-electron chi connectivity index (χ0n) is 15.6. The van der Waals surface area contributed by atoms with E-state index in [9.17, 15) is 18.0 Å². The minimum Gasteiger partial charge on any atom is -0.475 e. The number of carboxylic acid groups (broad SMARTS) is 1. The van der Waals surface area contributed by atoms with Gasteiger partial charge in [-0.25, -0.2) is 9.78 Å². The fourth-order valence-electron chi connectivity index (χ4n) is 2.80. The zero-order valence-corrected chi connectivity index (χ0v) is 15.6. The van der Waals surface area contributed by atoms with E-state index in [2.05, 4.69) is 10.3 Å². The third-order valence-corrected chi connectivity index (χ3v) is 4.32. The maximum absolute atomic E-state index is 12.4. The van der Waals surface area contributed by atoms with Gasteiger partial charge in [0.15, 0.2) is 5.58 Å². The molecule has 0 atom stereocenters. The molecule has 1 amide bonds. The molecule has 0 saturated carbocycles. The SMILES string of the molecule is O=C(O)C(F)(F)F.O=C(c1ccc(-c2nc3ccccc3o2)cc1)N1CCNCC1. The molecule has 0 unspecified atom stereocenters. The number of benzene rings is 2. The predicted molar refractivity (Wildman–Crippen MR) is 102 cm³/mol. The van der Waals surface area contributed by atoms with E-state index < -0.39 is 12.1 Å². The Labute approximate surface area is 169 Å². The average molecular weight is 421 g/mol. The largest absolute Gasteiger partial charge is 0.490 e. The van der Waals surface area contributed by atoms with Gasteiger partial charge in [-0.1, -0.05) is 12.1 Å². The lowest BCUT2D eigenvalue weighted by atomic mass is 10.1. The van der Waals surface area contributed by atoms with Gasteiger partial charge in [-0.3, -0.25) is 4.79 Å². The van der Waals surface area contributed by atoms with Crippen LogP contribution in [-0.2, 0) is 4.79 Å². The topological polar surface area (TPSA) is 95.7 Å². The molecule has 3 aromatic rings. The highest BCUT2D eigenvalue weighted by molar-refractivity contribution is 5.94. The number of carboxylic acids is 1. The number of oxazole rings is 1. The Morgan fingerprint density at radius 3 is 2.20 bits per heavy atom. The Hall–Kier alpha value is -3.40. The normalized spacial score (nSPS) is 14.2. The van der Waals surface area contributed by atoms with Crippen molar-refractivity contribution in [3.63, 3.8) is 0 Å². The molecule has 4 rings (SSSR count). The molecule has 158 valence electrons. The van der Waals surface area contributed by atoms with E-state index >= 15 is 0 Å². The van der Waals surface area contributed by atoms with Crippen LogP contribution in [0, 0.1) is 0 Å². The van der Waals surface area contributed by atoms with Gasteiger partial charge in [0.05, 0.1) is 0 Å². The van der Waals surface area contributed by atoms with Crippen LogP contribution in [0.3, 0.4) is 0 Å². The Kier molecular flexibility index (Phi) is 6.36. The van der Waals surface area contributed by atoms with E-state index in [1.54, 1.807) is 0 Å². The van der Waals surface area contributed by atoms with Crippen LogP contribution in [-0.4, -0.2) is 59.2 Å². The highest BCUT2D eigenvalue weighted by Gasteiger charge is 2.38. The van der Waals surface area contributed by atoms with Crippen LogP contribution in [0.25, 0.3) is 22.6 Å². The summed E-state index contributed by atoms with van der Waals surface area (Å²) in [6, 6.07) is 15.1. The number of fused-ring (bicyclic) bond motifs is 1. The lowest BCUT2D eigenvalue weighted by molar-refractivity contribution is -0.192. The molecule has 1 saturated heterocycles.